The number of carbonyl (C=O) groups excluding carboxylic acids is 1. The molecular formula is C14H16N2O5S. The van der Waals surface area contributed by atoms with Crippen LogP contribution >= 0.6 is 0 Å². The molecule has 1 aromatic carbocycles. The molecule has 0 spiro atoms. The van der Waals surface area contributed by atoms with Crippen molar-refractivity contribution in [3.63, 3.8) is 0 Å². The van der Waals surface area contributed by atoms with E-state index in [1.54, 1.807) is 24.3 Å². The molecule has 2 saturated heterocycles. The molecule has 1 amide bonds. The third-order valence-electron chi connectivity index (χ3n) is 4.02. The molecule has 0 aromatic heterocycles. The standard InChI is InChI=1S/C14H16N2O5S/c17-13-8-10(14(18)19)9-15(13)11-2-4-12(5-3-11)16-6-1-7-22(16,20)21/h2-5,10H,1,6-9H2,(H,18,19)/t10-/m1/s1. The molecule has 0 unspecified atom stereocenters. The third-order valence-corrected chi connectivity index (χ3v) is 5.89. The number of carboxylic acid groups (broad SMARTS) is 1. The van der Waals surface area contributed by atoms with Crippen molar-refractivity contribution in [2.45, 2.75) is 12.8 Å². The van der Waals surface area contributed by atoms with E-state index in [0.29, 0.717) is 24.3 Å². The van der Waals surface area contributed by atoms with Crippen molar-refractivity contribution < 1.29 is 23.1 Å². The summed E-state index contributed by atoms with van der Waals surface area (Å²) in [4.78, 5) is 24.3. The van der Waals surface area contributed by atoms with E-state index in [1.807, 2.05) is 0 Å². The van der Waals surface area contributed by atoms with Gasteiger partial charge in [-0.3, -0.25) is 13.9 Å². The molecule has 7 nitrogen and oxygen atoms in total. The van der Waals surface area contributed by atoms with Gasteiger partial charge in [-0.05, 0) is 30.7 Å². The zero-order valence-corrected chi connectivity index (χ0v) is 12.6. The first kappa shape index (κ1) is 14.8. The van der Waals surface area contributed by atoms with Gasteiger partial charge < -0.3 is 10.0 Å². The van der Waals surface area contributed by atoms with Gasteiger partial charge in [0.1, 0.15) is 0 Å². The Morgan fingerprint density at radius 1 is 1.18 bits per heavy atom. The van der Waals surface area contributed by atoms with Gasteiger partial charge >= 0.3 is 5.97 Å². The second-order valence-corrected chi connectivity index (χ2v) is 7.51. The van der Waals surface area contributed by atoms with Crippen LogP contribution in [0.15, 0.2) is 24.3 Å². The maximum Gasteiger partial charge on any atom is 0.308 e. The number of sulfonamides is 1. The van der Waals surface area contributed by atoms with Crippen LogP contribution in [0.1, 0.15) is 12.8 Å². The molecule has 1 aromatic rings. The highest BCUT2D eigenvalue weighted by Gasteiger charge is 2.35. The number of anilines is 2. The molecule has 8 heteroatoms. The Morgan fingerprint density at radius 3 is 2.32 bits per heavy atom. The molecule has 2 aliphatic heterocycles. The molecule has 1 atom stereocenters. The van der Waals surface area contributed by atoms with E-state index in [9.17, 15) is 18.0 Å². The summed E-state index contributed by atoms with van der Waals surface area (Å²) in [5.74, 6) is -1.74. The molecule has 1 N–H and O–H groups in total. The summed E-state index contributed by atoms with van der Waals surface area (Å²) >= 11 is 0. The van der Waals surface area contributed by atoms with Crippen molar-refractivity contribution >= 4 is 33.3 Å². The van der Waals surface area contributed by atoms with Gasteiger partial charge in [0.15, 0.2) is 0 Å². The van der Waals surface area contributed by atoms with Crippen LogP contribution in [0.3, 0.4) is 0 Å². The predicted octanol–water partition coefficient (Wildman–Crippen LogP) is 0.664. The van der Waals surface area contributed by atoms with Crippen molar-refractivity contribution in [1.29, 1.82) is 0 Å². The van der Waals surface area contributed by atoms with E-state index in [4.69, 9.17) is 5.11 Å². The van der Waals surface area contributed by atoms with E-state index in [0.717, 1.165) is 0 Å². The summed E-state index contributed by atoms with van der Waals surface area (Å²) in [6.07, 6.45) is 0.604. The molecule has 3 rings (SSSR count). The molecule has 22 heavy (non-hydrogen) atoms. The minimum Gasteiger partial charge on any atom is -0.481 e. The molecule has 2 aliphatic rings. The second kappa shape index (κ2) is 5.28. The molecule has 0 saturated carbocycles. The predicted molar refractivity (Wildman–Crippen MR) is 80.3 cm³/mol. The van der Waals surface area contributed by atoms with Crippen LogP contribution in [-0.2, 0) is 19.6 Å². The highest BCUT2D eigenvalue weighted by molar-refractivity contribution is 7.93. The van der Waals surface area contributed by atoms with Crippen molar-refractivity contribution in [2.75, 3.05) is 28.0 Å². The Bertz CT molecular complexity index is 713. The van der Waals surface area contributed by atoms with Gasteiger partial charge in [0.05, 0.1) is 17.4 Å². The number of carbonyl (C=O) groups is 2. The van der Waals surface area contributed by atoms with Gasteiger partial charge in [-0.1, -0.05) is 0 Å². The minimum atomic E-state index is -3.23. The number of hydrogen-bond donors (Lipinski definition) is 1. The minimum absolute atomic E-state index is 0.00239. The maximum atomic E-state index is 11.9. The number of carboxylic acids is 1. The van der Waals surface area contributed by atoms with Crippen molar-refractivity contribution in [3.05, 3.63) is 24.3 Å². The van der Waals surface area contributed by atoms with Gasteiger partial charge in [0, 0.05) is 25.2 Å². The Kier molecular flexibility index (Phi) is 3.56. The largest absolute Gasteiger partial charge is 0.481 e. The van der Waals surface area contributed by atoms with Crippen molar-refractivity contribution in [1.82, 2.24) is 0 Å². The lowest BCUT2D eigenvalue weighted by atomic mass is 10.1. The fourth-order valence-corrected chi connectivity index (χ4v) is 4.42. The highest BCUT2D eigenvalue weighted by Crippen LogP contribution is 2.29. The van der Waals surface area contributed by atoms with Crippen LogP contribution in [0.4, 0.5) is 11.4 Å². The zero-order chi connectivity index (χ0) is 15.9. The number of aliphatic carboxylic acids is 1. The van der Waals surface area contributed by atoms with Gasteiger partial charge in [-0.15, -0.1) is 0 Å². The topological polar surface area (TPSA) is 95.0 Å². The lowest BCUT2D eigenvalue weighted by Crippen LogP contribution is -2.27. The molecule has 0 bridgehead atoms. The second-order valence-electron chi connectivity index (χ2n) is 5.50. The Balaban J connectivity index is 1.80. The smallest absolute Gasteiger partial charge is 0.308 e. The van der Waals surface area contributed by atoms with Crippen LogP contribution in [-0.4, -0.2) is 44.2 Å². The number of nitrogens with zero attached hydrogens (tertiary/aromatic N) is 2. The van der Waals surface area contributed by atoms with Crippen LogP contribution in [0.25, 0.3) is 0 Å². The monoisotopic (exact) mass is 324 g/mol. The van der Waals surface area contributed by atoms with E-state index in [2.05, 4.69) is 0 Å². The normalized spacial score (nSPS) is 24.0. The van der Waals surface area contributed by atoms with E-state index < -0.39 is 21.9 Å². The molecular weight excluding hydrogens is 308 g/mol. The number of hydrogen-bond acceptors (Lipinski definition) is 4. The summed E-state index contributed by atoms with van der Waals surface area (Å²) in [7, 11) is -3.23. The highest BCUT2D eigenvalue weighted by atomic mass is 32.2. The van der Waals surface area contributed by atoms with Gasteiger partial charge in [-0.2, -0.15) is 0 Å². The lowest BCUT2D eigenvalue weighted by molar-refractivity contribution is -0.141. The number of amides is 1. The summed E-state index contributed by atoms with van der Waals surface area (Å²) in [5, 5.41) is 8.99. The third kappa shape index (κ3) is 2.54. The van der Waals surface area contributed by atoms with Crippen molar-refractivity contribution in [3.8, 4) is 0 Å². The van der Waals surface area contributed by atoms with E-state index in [-0.39, 0.29) is 24.6 Å². The average molecular weight is 324 g/mol. The lowest BCUT2D eigenvalue weighted by Gasteiger charge is -2.20. The molecule has 0 radical (unpaired) electrons. The summed E-state index contributed by atoms with van der Waals surface area (Å²) < 4.78 is 25.1. The average Bonchev–Trinajstić information content (AvgIpc) is 3.02. The Morgan fingerprint density at radius 2 is 1.82 bits per heavy atom. The van der Waals surface area contributed by atoms with Crippen LogP contribution in [0.2, 0.25) is 0 Å². The van der Waals surface area contributed by atoms with Crippen molar-refractivity contribution in [2.24, 2.45) is 5.92 Å². The summed E-state index contributed by atoms with van der Waals surface area (Å²) in [6.45, 7) is 0.612. The van der Waals surface area contributed by atoms with Crippen LogP contribution in [0.5, 0.6) is 0 Å². The van der Waals surface area contributed by atoms with E-state index >= 15 is 0 Å². The maximum absolute atomic E-state index is 11.9. The summed E-state index contributed by atoms with van der Waals surface area (Å²) in [6, 6.07) is 6.62. The number of benzene rings is 1. The molecule has 118 valence electrons. The summed E-state index contributed by atoms with van der Waals surface area (Å²) in [5.41, 5.74) is 1.16. The first-order chi connectivity index (χ1) is 10.4. The Hall–Kier alpha value is -2.09. The van der Waals surface area contributed by atoms with E-state index in [1.165, 1.54) is 9.21 Å². The van der Waals surface area contributed by atoms with Gasteiger partial charge in [0.2, 0.25) is 15.9 Å². The fourth-order valence-electron chi connectivity index (χ4n) is 2.85. The molecule has 0 aliphatic carbocycles. The van der Waals surface area contributed by atoms with Gasteiger partial charge in [0.25, 0.3) is 0 Å². The van der Waals surface area contributed by atoms with Crippen LogP contribution < -0.4 is 9.21 Å². The molecule has 2 heterocycles. The SMILES string of the molecule is O=C(O)[C@@H]1CC(=O)N(c2ccc(N3CCCS3(=O)=O)cc2)C1. The van der Waals surface area contributed by atoms with Gasteiger partial charge in [-0.25, -0.2) is 8.42 Å². The zero-order valence-electron chi connectivity index (χ0n) is 11.8. The molecule has 2 fully saturated rings. The first-order valence-electron chi connectivity index (χ1n) is 7.02. The number of rotatable bonds is 3. The Labute approximate surface area is 128 Å². The first-order valence-corrected chi connectivity index (χ1v) is 8.63. The fraction of sp³-hybridized carbons (Fsp3) is 0.429. The quantitative estimate of drug-likeness (QED) is 0.881. The van der Waals surface area contributed by atoms with Crippen LogP contribution in [0, 0.1) is 5.92 Å².